The molecule has 1 saturated heterocycles. The average molecular weight is 259 g/mol. The summed E-state index contributed by atoms with van der Waals surface area (Å²) in [6.07, 6.45) is -1.06. The van der Waals surface area contributed by atoms with Crippen molar-refractivity contribution in [3.05, 3.63) is 0 Å². The summed E-state index contributed by atoms with van der Waals surface area (Å²) in [5.41, 5.74) is 5.61. The highest BCUT2D eigenvalue weighted by atomic mass is 16.4. The molecule has 1 atom stereocenters. The predicted molar refractivity (Wildman–Crippen MR) is 61.0 cm³/mol. The highest BCUT2D eigenvalue weighted by Gasteiger charge is 2.27. The summed E-state index contributed by atoms with van der Waals surface area (Å²) >= 11 is 0. The number of carbonyl (C=O) groups excluding carboxylic acids is 1. The van der Waals surface area contributed by atoms with Gasteiger partial charge in [0, 0.05) is 32.6 Å². The highest BCUT2D eigenvalue weighted by Crippen LogP contribution is 2.06. The number of nitrogens with zero attached hydrogens (tertiary/aromatic N) is 2. The SMILES string of the molecule is N[C@@H](CCC(=O)O)C(=O)N1CCN(C(=O)O)CC1. The third kappa shape index (κ3) is 3.88. The van der Waals surface area contributed by atoms with Crippen LogP contribution in [0.1, 0.15) is 12.8 Å². The monoisotopic (exact) mass is 259 g/mol. The molecule has 8 heteroatoms. The highest BCUT2D eigenvalue weighted by molar-refractivity contribution is 5.82. The molecule has 8 nitrogen and oxygen atoms in total. The Hall–Kier alpha value is -1.83. The summed E-state index contributed by atoms with van der Waals surface area (Å²) in [5.74, 6) is -1.31. The van der Waals surface area contributed by atoms with Crippen molar-refractivity contribution >= 4 is 18.0 Å². The summed E-state index contributed by atoms with van der Waals surface area (Å²) < 4.78 is 0. The van der Waals surface area contributed by atoms with Crippen LogP contribution in [0.4, 0.5) is 4.79 Å². The van der Waals surface area contributed by atoms with Crippen LogP contribution in [0.2, 0.25) is 0 Å². The number of carbonyl (C=O) groups is 3. The van der Waals surface area contributed by atoms with Gasteiger partial charge < -0.3 is 25.7 Å². The number of carboxylic acids is 1. The van der Waals surface area contributed by atoms with Crippen molar-refractivity contribution in [2.45, 2.75) is 18.9 Å². The van der Waals surface area contributed by atoms with Gasteiger partial charge in [0.2, 0.25) is 5.91 Å². The largest absolute Gasteiger partial charge is 0.481 e. The van der Waals surface area contributed by atoms with Crippen LogP contribution in [-0.2, 0) is 9.59 Å². The number of amides is 2. The van der Waals surface area contributed by atoms with Gasteiger partial charge in [-0.3, -0.25) is 9.59 Å². The molecule has 1 aliphatic heterocycles. The Morgan fingerprint density at radius 2 is 1.56 bits per heavy atom. The molecular weight excluding hydrogens is 242 g/mol. The Bertz CT molecular complexity index is 338. The molecule has 4 N–H and O–H groups in total. The van der Waals surface area contributed by atoms with E-state index < -0.39 is 18.1 Å². The minimum Gasteiger partial charge on any atom is -0.481 e. The second-order valence-electron chi connectivity index (χ2n) is 4.13. The lowest BCUT2D eigenvalue weighted by atomic mass is 10.1. The molecule has 0 aliphatic carbocycles. The number of carboxylic acid groups (broad SMARTS) is 2. The molecule has 18 heavy (non-hydrogen) atoms. The van der Waals surface area contributed by atoms with Gasteiger partial charge >= 0.3 is 12.1 Å². The van der Waals surface area contributed by atoms with E-state index >= 15 is 0 Å². The van der Waals surface area contributed by atoms with Crippen molar-refractivity contribution in [1.29, 1.82) is 0 Å². The van der Waals surface area contributed by atoms with Gasteiger partial charge in [0.1, 0.15) is 0 Å². The third-order valence-corrected chi connectivity index (χ3v) is 2.85. The molecule has 0 bridgehead atoms. The minimum atomic E-state index is -1.00. The molecule has 0 spiro atoms. The van der Waals surface area contributed by atoms with Gasteiger partial charge in [-0.1, -0.05) is 0 Å². The summed E-state index contributed by atoms with van der Waals surface area (Å²) in [5, 5.41) is 17.2. The molecule has 0 saturated carbocycles. The number of hydrogen-bond acceptors (Lipinski definition) is 4. The number of aliphatic carboxylic acids is 1. The van der Waals surface area contributed by atoms with Crippen molar-refractivity contribution in [3.63, 3.8) is 0 Å². The van der Waals surface area contributed by atoms with Crippen LogP contribution < -0.4 is 5.73 Å². The van der Waals surface area contributed by atoms with Crippen molar-refractivity contribution in [3.8, 4) is 0 Å². The van der Waals surface area contributed by atoms with Crippen molar-refractivity contribution in [2.24, 2.45) is 5.73 Å². The summed E-state index contributed by atoms with van der Waals surface area (Å²) in [7, 11) is 0. The minimum absolute atomic E-state index is 0.0906. The van der Waals surface area contributed by atoms with Crippen molar-refractivity contribution in [1.82, 2.24) is 9.80 Å². The predicted octanol–water partition coefficient (Wildman–Crippen LogP) is -0.999. The molecule has 0 unspecified atom stereocenters. The molecular formula is C10H17N3O5. The van der Waals surface area contributed by atoms with Gasteiger partial charge in [0.05, 0.1) is 6.04 Å². The van der Waals surface area contributed by atoms with Crippen LogP contribution >= 0.6 is 0 Å². The Labute approximate surface area is 104 Å². The fourth-order valence-corrected chi connectivity index (χ4v) is 1.76. The standard InChI is InChI=1S/C10H17N3O5/c11-7(1-2-8(14)15)9(16)12-3-5-13(6-4-12)10(17)18/h7H,1-6,11H2,(H,14,15)(H,17,18)/t7-/m0/s1. The number of rotatable bonds is 4. The number of hydrogen-bond donors (Lipinski definition) is 3. The fraction of sp³-hybridized carbons (Fsp3) is 0.700. The molecule has 0 aromatic carbocycles. The van der Waals surface area contributed by atoms with Crippen molar-refractivity contribution < 1.29 is 24.6 Å². The molecule has 102 valence electrons. The van der Waals surface area contributed by atoms with Gasteiger partial charge in [0.15, 0.2) is 0 Å². The van der Waals surface area contributed by atoms with Gasteiger partial charge in [-0.25, -0.2) is 4.79 Å². The van der Waals surface area contributed by atoms with E-state index in [0.29, 0.717) is 13.1 Å². The molecule has 1 rings (SSSR count). The molecule has 0 radical (unpaired) electrons. The smallest absolute Gasteiger partial charge is 0.407 e. The maximum absolute atomic E-state index is 11.8. The molecule has 1 aliphatic rings. The van der Waals surface area contributed by atoms with E-state index in [1.165, 1.54) is 9.80 Å². The lowest BCUT2D eigenvalue weighted by Crippen LogP contribution is -2.54. The van der Waals surface area contributed by atoms with Gasteiger partial charge in [0.25, 0.3) is 0 Å². The van der Waals surface area contributed by atoms with E-state index in [-0.39, 0.29) is 31.8 Å². The number of piperazine rings is 1. The number of nitrogens with two attached hydrogens (primary N) is 1. The Balaban J connectivity index is 2.39. The van der Waals surface area contributed by atoms with Crippen LogP contribution in [0.15, 0.2) is 0 Å². The first kappa shape index (κ1) is 14.2. The lowest BCUT2D eigenvalue weighted by molar-refractivity contribution is -0.138. The van der Waals surface area contributed by atoms with Gasteiger partial charge in [-0.15, -0.1) is 0 Å². The summed E-state index contributed by atoms with van der Waals surface area (Å²) in [6.45, 7) is 1.11. The quantitative estimate of drug-likeness (QED) is 0.595. The maximum atomic E-state index is 11.8. The van der Waals surface area contributed by atoms with Crippen LogP contribution in [0, 0.1) is 0 Å². The van der Waals surface area contributed by atoms with E-state index in [4.69, 9.17) is 15.9 Å². The third-order valence-electron chi connectivity index (χ3n) is 2.85. The fourth-order valence-electron chi connectivity index (χ4n) is 1.76. The zero-order valence-electron chi connectivity index (χ0n) is 9.91. The van der Waals surface area contributed by atoms with Crippen LogP contribution in [-0.4, -0.2) is 70.2 Å². The van der Waals surface area contributed by atoms with E-state index in [0.717, 1.165) is 0 Å². The van der Waals surface area contributed by atoms with Crippen molar-refractivity contribution in [2.75, 3.05) is 26.2 Å². The zero-order valence-corrected chi connectivity index (χ0v) is 9.91. The lowest BCUT2D eigenvalue weighted by Gasteiger charge is -2.34. The first-order chi connectivity index (χ1) is 8.41. The first-order valence-corrected chi connectivity index (χ1v) is 5.66. The average Bonchev–Trinajstić information content (AvgIpc) is 2.35. The topological polar surface area (TPSA) is 124 Å². The second kappa shape index (κ2) is 6.20. The van der Waals surface area contributed by atoms with Crippen LogP contribution in [0.5, 0.6) is 0 Å². The Morgan fingerprint density at radius 1 is 1.06 bits per heavy atom. The van der Waals surface area contributed by atoms with E-state index in [1.807, 2.05) is 0 Å². The zero-order chi connectivity index (χ0) is 13.7. The Kier molecular flexibility index (Phi) is 4.90. The van der Waals surface area contributed by atoms with Gasteiger partial charge in [-0.05, 0) is 6.42 Å². The first-order valence-electron chi connectivity index (χ1n) is 5.66. The molecule has 1 fully saturated rings. The molecule has 1 heterocycles. The molecule has 0 aromatic rings. The maximum Gasteiger partial charge on any atom is 0.407 e. The summed E-state index contributed by atoms with van der Waals surface area (Å²) in [4.78, 5) is 35.6. The molecule has 0 aromatic heterocycles. The normalized spacial score (nSPS) is 17.4. The van der Waals surface area contributed by atoms with Crippen LogP contribution in [0.25, 0.3) is 0 Å². The van der Waals surface area contributed by atoms with Gasteiger partial charge in [-0.2, -0.15) is 0 Å². The molecule has 2 amide bonds. The van der Waals surface area contributed by atoms with E-state index in [1.54, 1.807) is 0 Å². The summed E-state index contributed by atoms with van der Waals surface area (Å²) in [6, 6.07) is -0.836. The van der Waals surface area contributed by atoms with Crippen LogP contribution in [0.3, 0.4) is 0 Å². The Morgan fingerprint density at radius 3 is 2.00 bits per heavy atom. The van der Waals surface area contributed by atoms with E-state index in [2.05, 4.69) is 0 Å². The second-order valence-corrected chi connectivity index (χ2v) is 4.13. The van der Waals surface area contributed by atoms with E-state index in [9.17, 15) is 14.4 Å².